The molecule has 0 radical (unpaired) electrons. The fourth-order valence-corrected chi connectivity index (χ4v) is 1.38. The third kappa shape index (κ3) is 2.03. The predicted molar refractivity (Wildman–Crippen MR) is 58.0 cm³/mol. The molecule has 0 heterocycles. The lowest BCUT2D eigenvalue weighted by atomic mass is 10.1. The Morgan fingerprint density at radius 3 is 2.69 bits per heavy atom. The summed E-state index contributed by atoms with van der Waals surface area (Å²) < 4.78 is 10.6. The molecule has 1 saturated carbocycles. The van der Waals surface area contributed by atoms with Gasteiger partial charge < -0.3 is 20.3 Å². The normalized spacial score (nSPS) is 14.6. The van der Waals surface area contributed by atoms with Crippen LogP contribution in [0.5, 0.6) is 11.5 Å². The van der Waals surface area contributed by atoms with E-state index in [0.29, 0.717) is 17.2 Å². The molecule has 0 spiro atoms. The molecule has 0 saturated heterocycles. The van der Waals surface area contributed by atoms with Gasteiger partial charge in [0.15, 0.2) is 11.5 Å². The highest BCUT2D eigenvalue weighted by Gasteiger charge is 2.26. The summed E-state index contributed by atoms with van der Waals surface area (Å²) >= 11 is 0. The highest BCUT2D eigenvalue weighted by atomic mass is 16.5. The Bertz CT molecular complexity index is 426. The number of carbonyl (C=O) groups is 1. The number of hydrogen-bond acceptors (Lipinski definition) is 4. The number of rotatable bonds is 4. The summed E-state index contributed by atoms with van der Waals surface area (Å²) in [6.07, 6.45) is 2.19. The maximum Gasteiger partial charge on any atom is 0.335 e. The first-order chi connectivity index (χ1) is 7.61. The van der Waals surface area contributed by atoms with E-state index in [1.807, 2.05) is 0 Å². The largest absolute Gasteiger partial charge is 0.493 e. The standard InChI is InChI=1S/C11H13NO4/c1-15-9-5-6(11(13)14)4-8(12)10(9)16-7-2-3-7/h4-5,7H,2-3,12H2,1H3,(H,13,14). The summed E-state index contributed by atoms with van der Waals surface area (Å²) in [7, 11) is 1.46. The van der Waals surface area contributed by atoms with E-state index in [4.69, 9.17) is 20.3 Å². The van der Waals surface area contributed by atoms with Crippen LogP contribution in [0.3, 0.4) is 0 Å². The topological polar surface area (TPSA) is 81.8 Å². The second kappa shape index (κ2) is 3.92. The fraction of sp³-hybridized carbons (Fsp3) is 0.364. The first kappa shape index (κ1) is 10.6. The molecule has 0 aliphatic heterocycles. The highest BCUT2D eigenvalue weighted by Crippen LogP contribution is 2.39. The van der Waals surface area contributed by atoms with Gasteiger partial charge in [0, 0.05) is 0 Å². The molecule has 1 aliphatic carbocycles. The van der Waals surface area contributed by atoms with Crippen molar-refractivity contribution in [2.75, 3.05) is 12.8 Å². The van der Waals surface area contributed by atoms with E-state index in [-0.39, 0.29) is 11.7 Å². The van der Waals surface area contributed by atoms with Gasteiger partial charge in [-0.2, -0.15) is 0 Å². The molecule has 1 fully saturated rings. The van der Waals surface area contributed by atoms with Crippen molar-refractivity contribution in [1.82, 2.24) is 0 Å². The van der Waals surface area contributed by atoms with Crippen molar-refractivity contribution in [2.24, 2.45) is 0 Å². The minimum Gasteiger partial charge on any atom is -0.493 e. The quantitative estimate of drug-likeness (QED) is 0.756. The monoisotopic (exact) mass is 223 g/mol. The molecule has 0 amide bonds. The molecule has 0 bridgehead atoms. The average Bonchev–Trinajstić information content (AvgIpc) is 3.04. The number of benzene rings is 1. The van der Waals surface area contributed by atoms with E-state index in [0.717, 1.165) is 12.8 Å². The molecule has 5 heteroatoms. The smallest absolute Gasteiger partial charge is 0.335 e. The van der Waals surface area contributed by atoms with Crippen LogP contribution in [0, 0.1) is 0 Å². The number of anilines is 1. The Morgan fingerprint density at radius 2 is 2.19 bits per heavy atom. The fourth-order valence-electron chi connectivity index (χ4n) is 1.38. The summed E-state index contributed by atoms with van der Waals surface area (Å²) in [5.41, 5.74) is 6.13. The SMILES string of the molecule is COc1cc(C(=O)O)cc(N)c1OC1CC1. The van der Waals surface area contributed by atoms with Gasteiger partial charge in [0.25, 0.3) is 0 Å². The summed E-state index contributed by atoms with van der Waals surface area (Å²) in [4.78, 5) is 10.8. The van der Waals surface area contributed by atoms with E-state index in [1.54, 1.807) is 0 Å². The van der Waals surface area contributed by atoms with Crippen molar-refractivity contribution in [3.05, 3.63) is 17.7 Å². The Kier molecular flexibility index (Phi) is 2.60. The van der Waals surface area contributed by atoms with Gasteiger partial charge in [-0.3, -0.25) is 0 Å². The minimum atomic E-state index is -1.04. The van der Waals surface area contributed by atoms with Crippen LogP contribution < -0.4 is 15.2 Å². The molecule has 1 aromatic carbocycles. The molecule has 2 rings (SSSR count). The zero-order valence-electron chi connectivity index (χ0n) is 8.90. The molecule has 0 aromatic heterocycles. The van der Waals surface area contributed by atoms with E-state index in [1.165, 1.54) is 19.2 Å². The second-order valence-electron chi connectivity index (χ2n) is 3.72. The van der Waals surface area contributed by atoms with Gasteiger partial charge in [-0.25, -0.2) is 4.79 Å². The second-order valence-corrected chi connectivity index (χ2v) is 3.72. The lowest BCUT2D eigenvalue weighted by Crippen LogP contribution is -2.05. The molecule has 0 unspecified atom stereocenters. The van der Waals surface area contributed by atoms with Crippen LogP contribution in [0.1, 0.15) is 23.2 Å². The molecule has 86 valence electrons. The summed E-state index contributed by atoms with van der Waals surface area (Å²) in [6, 6.07) is 2.79. The van der Waals surface area contributed by atoms with Crippen molar-refractivity contribution in [3.63, 3.8) is 0 Å². The third-order valence-corrected chi connectivity index (χ3v) is 2.36. The number of ether oxygens (including phenoxy) is 2. The van der Waals surface area contributed by atoms with Crippen LogP contribution in [0.25, 0.3) is 0 Å². The van der Waals surface area contributed by atoms with Crippen molar-refractivity contribution in [3.8, 4) is 11.5 Å². The lowest BCUT2D eigenvalue weighted by Gasteiger charge is -2.13. The van der Waals surface area contributed by atoms with Gasteiger partial charge in [0.2, 0.25) is 0 Å². The summed E-state index contributed by atoms with van der Waals surface area (Å²) in [6.45, 7) is 0. The molecule has 16 heavy (non-hydrogen) atoms. The van der Waals surface area contributed by atoms with Crippen LogP contribution in [0.4, 0.5) is 5.69 Å². The number of methoxy groups -OCH3 is 1. The van der Waals surface area contributed by atoms with Crippen LogP contribution in [-0.4, -0.2) is 24.3 Å². The number of hydrogen-bond donors (Lipinski definition) is 2. The summed E-state index contributed by atoms with van der Waals surface area (Å²) in [5, 5.41) is 8.86. The van der Waals surface area contributed by atoms with Gasteiger partial charge in [-0.05, 0) is 25.0 Å². The average molecular weight is 223 g/mol. The Balaban J connectivity index is 2.38. The first-order valence-electron chi connectivity index (χ1n) is 4.99. The number of nitrogen functional groups attached to an aromatic ring is 1. The number of carboxylic acid groups (broad SMARTS) is 1. The minimum absolute atomic E-state index is 0.0949. The first-order valence-corrected chi connectivity index (χ1v) is 4.99. The van der Waals surface area contributed by atoms with Crippen molar-refractivity contribution >= 4 is 11.7 Å². The molecular weight excluding hydrogens is 210 g/mol. The predicted octanol–water partition coefficient (Wildman–Crippen LogP) is 1.52. The number of aromatic carboxylic acids is 1. The molecule has 1 aliphatic rings. The van der Waals surface area contributed by atoms with Crippen LogP contribution in [0.2, 0.25) is 0 Å². The number of nitrogens with two attached hydrogens (primary N) is 1. The Morgan fingerprint density at radius 1 is 1.50 bits per heavy atom. The van der Waals surface area contributed by atoms with Gasteiger partial charge in [-0.15, -0.1) is 0 Å². The maximum atomic E-state index is 10.8. The van der Waals surface area contributed by atoms with Gasteiger partial charge in [0.1, 0.15) is 0 Å². The molecule has 5 nitrogen and oxygen atoms in total. The van der Waals surface area contributed by atoms with Crippen molar-refractivity contribution in [2.45, 2.75) is 18.9 Å². The summed E-state index contributed by atoms with van der Waals surface area (Å²) in [5.74, 6) is -0.234. The van der Waals surface area contributed by atoms with Crippen molar-refractivity contribution in [1.29, 1.82) is 0 Å². The molecular formula is C11H13NO4. The molecule has 3 N–H and O–H groups in total. The van der Waals surface area contributed by atoms with Gasteiger partial charge >= 0.3 is 5.97 Å². The van der Waals surface area contributed by atoms with Crippen molar-refractivity contribution < 1.29 is 19.4 Å². The van der Waals surface area contributed by atoms with Crippen LogP contribution in [0.15, 0.2) is 12.1 Å². The Hall–Kier alpha value is -1.91. The zero-order valence-corrected chi connectivity index (χ0v) is 8.90. The molecule has 0 atom stereocenters. The van der Waals surface area contributed by atoms with Crippen LogP contribution in [-0.2, 0) is 0 Å². The highest BCUT2D eigenvalue weighted by molar-refractivity contribution is 5.90. The van der Waals surface area contributed by atoms with E-state index in [9.17, 15) is 4.79 Å². The van der Waals surface area contributed by atoms with E-state index in [2.05, 4.69) is 0 Å². The van der Waals surface area contributed by atoms with Crippen LogP contribution >= 0.6 is 0 Å². The van der Waals surface area contributed by atoms with Gasteiger partial charge in [0.05, 0.1) is 24.5 Å². The third-order valence-electron chi connectivity index (χ3n) is 2.36. The van der Waals surface area contributed by atoms with Gasteiger partial charge in [-0.1, -0.05) is 0 Å². The van der Waals surface area contributed by atoms with E-state index >= 15 is 0 Å². The van der Waals surface area contributed by atoms with E-state index < -0.39 is 5.97 Å². The lowest BCUT2D eigenvalue weighted by molar-refractivity contribution is 0.0696. The maximum absolute atomic E-state index is 10.8. The number of carboxylic acids is 1. The molecule has 1 aromatic rings. The zero-order chi connectivity index (χ0) is 11.7. The Labute approximate surface area is 92.8 Å².